The van der Waals surface area contributed by atoms with E-state index in [-0.39, 0.29) is 23.3 Å². The Labute approximate surface area is 248 Å². The van der Waals surface area contributed by atoms with Gasteiger partial charge in [-0.15, -0.1) is 0 Å². The first kappa shape index (κ1) is 29.5. The Bertz CT molecular complexity index is 1740. The van der Waals surface area contributed by atoms with E-state index in [4.69, 9.17) is 14.2 Å². The third-order valence-electron chi connectivity index (χ3n) is 7.16. The maximum absolute atomic E-state index is 13.3. The van der Waals surface area contributed by atoms with Crippen LogP contribution in [0.1, 0.15) is 10.4 Å². The lowest BCUT2D eigenvalue weighted by Crippen LogP contribution is -2.51. The lowest BCUT2D eigenvalue weighted by molar-refractivity contribution is -0.293. The van der Waals surface area contributed by atoms with Crippen LogP contribution in [0, 0.1) is 6.20 Å². The molecule has 0 atom stereocenters. The number of hydrogen-bond donors (Lipinski definition) is 1. The smallest absolute Gasteiger partial charge is 0.359 e. The SMILES string of the molecule is COc1cc(C(=O)N2CCN(C(=O)CNc3c(-c4ccc(S(C)(=O)=O)cc4)nc4c#[n+]ccn34)CC2)cc(OC)c1OC. The molecular formula is C29H31N6O7S+. The Morgan fingerprint density at radius 3 is 2.19 bits per heavy atom. The molecule has 1 fully saturated rings. The molecule has 4 aromatic rings. The minimum absolute atomic E-state index is 0.0225. The van der Waals surface area contributed by atoms with Crippen LogP contribution in [-0.2, 0) is 14.6 Å². The van der Waals surface area contributed by atoms with Crippen LogP contribution < -0.4 is 24.5 Å². The van der Waals surface area contributed by atoms with Crippen molar-refractivity contribution >= 4 is 33.1 Å². The first-order chi connectivity index (χ1) is 20.6. The van der Waals surface area contributed by atoms with Crippen molar-refractivity contribution in [3.8, 4) is 28.5 Å². The number of anilines is 1. The number of methoxy groups -OCH3 is 3. The predicted molar refractivity (Wildman–Crippen MR) is 155 cm³/mol. The second-order valence-electron chi connectivity index (χ2n) is 9.78. The van der Waals surface area contributed by atoms with E-state index in [1.165, 1.54) is 33.5 Å². The van der Waals surface area contributed by atoms with Gasteiger partial charge in [0.1, 0.15) is 11.5 Å². The van der Waals surface area contributed by atoms with Gasteiger partial charge < -0.3 is 29.3 Å². The quantitative estimate of drug-likeness (QED) is 0.295. The Hall–Kier alpha value is -5.03. The molecule has 0 bridgehead atoms. The summed E-state index contributed by atoms with van der Waals surface area (Å²) in [7, 11) is 1.12. The van der Waals surface area contributed by atoms with Gasteiger partial charge in [-0.2, -0.15) is 0 Å². The van der Waals surface area contributed by atoms with Crippen LogP contribution in [0.2, 0.25) is 0 Å². The summed E-state index contributed by atoms with van der Waals surface area (Å²) < 4.78 is 41.6. The maximum Gasteiger partial charge on any atom is 0.359 e. The fourth-order valence-corrected chi connectivity index (χ4v) is 5.53. The van der Waals surface area contributed by atoms with Gasteiger partial charge in [-0.3, -0.25) is 14.0 Å². The van der Waals surface area contributed by atoms with Gasteiger partial charge in [0.05, 0.1) is 39.0 Å². The number of amides is 2. The van der Waals surface area contributed by atoms with Crippen molar-refractivity contribution < 1.29 is 37.2 Å². The molecule has 43 heavy (non-hydrogen) atoms. The van der Waals surface area contributed by atoms with Crippen LogP contribution >= 0.6 is 0 Å². The first-order valence-corrected chi connectivity index (χ1v) is 15.2. The number of sulfone groups is 1. The summed E-state index contributed by atoms with van der Waals surface area (Å²) in [5.74, 6) is 1.37. The Morgan fingerprint density at radius 1 is 0.977 bits per heavy atom. The Balaban J connectivity index is 1.27. The van der Waals surface area contributed by atoms with Crippen molar-refractivity contribution in [2.75, 3.05) is 65.6 Å². The van der Waals surface area contributed by atoms with Crippen molar-refractivity contribution in [2.24, 2.45) is 0 Å². The van der Waals surface area contributed by atoms with Crippen LogP contribution in [0.4, 0.5) is 5.82 Å². The van der Waals surface area contributed by atoms with Crippen molar-refractivity contribution in [1.29, 1.82) is 0 Å². The van der Waals surface area contributed by atoms with Gasteiger partial charge in [-0.1, -0.05) is 12.1 Å². The van der Waals surface area contributed by atoms with Gasteiger partial charge in [0.2, 0.25) is 11.7 Å². The Kier molecular flexibility index (Phi) is 8.27. The number of carbonyl (C=O) groups excluding carboxylic acids is 2. The normalized spacial score (nSPS) is 13.4. The minimum Gasteiger partial charge on any atom is -0.493 e. The van der Waals surface area contributed by atoms with E-state index in [1.54, 1.807) is 50.9 Å². The summed E-state index contributed by atoms with van der Waals surface area (Å²) in [6.45, 7) is 1.42. The molecule has 2 aromatic carbocycles. The van der Waals surface area contributed by atoms with Crippen LogP contribution in [0.15, 0.2) is 53.7 Å². The maximum atomic E-state index is 13.3. The third-order valence-corrected chi connectivity index (χ3v) is 8.29. The highest BCUT2D eigenvalue weighted by molar-refractivity contribution is 7.90. The number of carbonyl (C=O) groups is 2. The fraction of sp³-hybridized carbons (Fsp3) is 0.310. The van der Waals surface area contributed by atoms with Gasteiger partial charge >= 0.3 is 12.4 Å². The second kappa shape index (κ2) is 12.1. The molecule has 0 unspecified atom stereocenters. The third kappa shape index (κ3) is 5.98. The molecule has 3 heterocycles. The number of hydrogen-bond acceptors (Lipinski definition) is 9. The molecular weight excluding hydrogens is 576 g/mol. The van der Waals surface area contributed by atoms with Crippen molar-refractivity contribution in [3.05, 3.63) is 60.6 Å². The number of imidazole rings is 1. The number of ether oxygens (including phenoxy) is 3. The second-order valence-corrected chi connectivity index (χ2v) is 11.8. The molecule has 1 aliphatic rings. The molecule has 1 aliphatic heterocycles. The molecule has 5 rings (SSSR count). The summed E-state index contributed by atoms with van der Waals surface area (Å²) in [6.07, 6.45) is 7.24. The zero-order valence-corrected chi connectivity index (χ0v) is 25.0. The van der Waals surface area contributed by atoms with Gasteiger partial charge in [0.15, 0.2) is 21.3 Å². The number of benzene rings is 2. The molecule has 0 saturated carbocycles. The highest BCUT2D eigenvalue weighted by Gasteiger charge is 2.27. The van der Waals surface area contributed by atoms with Gasteiger partial charge in [-0.05, 0) is 29.2 Å². The topological polar surface area (TPSA) is 146 Å². The molecule has 14 heteroatoms. The van der Waals surface area contributed by atoms with Gasteiger partial charge in [0.25, 0.3) is 11.6 Å². The van der Waals surface area contributed by atoms with E-state index in [0.29, 0.717) is 71.7 Å². The highest BCUT2D eigenvalue weighted by atomic mass is 32.2. The van der Waals surface area contributed by atoms with Crippen LogP contribution in [0.3, 0.4) is 0 Å². The molecule has 2 aromatic heterocycles. The first-order valence-electron chi connectivity index (χ1n) is 13.3. The van der Waals surface area contributed by atoms with E-state index in [2.05, 4.69) is 21.5 Å². The lowest BCUT2D eigenvalue weighted by atomic mass is 10.1. The lowest BCUT2D eigenvalue weighted by Gasteiger charge is -2.35. The highest BCUT2D eigenvalue weighted by Crippen LogP contribution is 2.38. The van der Waals surface area contributed by atoms with Crippen LogP contribution in [0.25, 0.3) is 16.9 Å². The van der Waals surface area contributed by atoms with Crippen molar-refractivity contribution in [1.82, 2.24) is 19.2 Å². The number of aromatic nitrogens is 3. The molecule has 224 valence electrons. The molecule has 1 N–H and O–H groups in total. The standard InChI is InChI=1S/C29H30N6O7S/c1-40-22-15-20(16-23(41-2)27(22)42-3)29(37)34-13-11-33(12-14-34)25(36)18-31-28-26(32-24-17-30-9-10-35(24)28)19-5-7-21(8-6-19)43(4,38)39/h5-10,15-16H,11-14,18H2,1-4H3/p+1. The van der Waals surface area contributed by atoms with Crippen LogP contribution in [-0.4, -0.2) is 99.7 Å². The van der Waals surface area contributed by atoms with Crippen molar-refractivity contribution in [3.63, 3.8) is 0 Å². The number of piperazine rings is 1. The molecule has 2 amide bonds. The molecule has 0 spiro atoms. The summed E-state index contributed by atoms with van der Waals surface area (Å²) in [5, 5.41) is 3.20. The summed E-state index contributed by atoms with van der Waals surface area (Å²) in [5.41, 5.74) is 2.03. The predicted octanol–water partition coefficient (Wildman–Crippen LogP) is 1.23. The molecule has 0 radical (unpaired) electrons. The minimum atomic E-state index is -3.35. The number of fused-ring (bicyclic) bond motifs is 1. The van der Waals surface area contributed by atoms with E-state index in [1.807, 2.05) is 0 Å². The number of rotatable bonds is 9. The van der Waals surface area contributed by atoms with E-state index >= 15 is 0 Å². The van der Waals surface area contributed by atoms with Crippen molar-refractivity contribution in [2.45, 2.75) is 4.90 Å². The Morgan fingerprint density at radius 2 is 1.60 bits per heavy atom. The number of nitrogens with one attached hydrogen (secondary N) is 1. The average molecular weight is 608 g/mol. The zero-order valence-electron chi connectivity index (χ0n) is 24.2. The monoisotopic (exact) mass is 607 g/mol. The van der Waals surface area contributed by atoms with E-state index < -0.39 is 9.84 Å². The summed E-state index contributed by atoms with van der Waals surface area (Å²) in [6, 6.07) is 9.60. The van der Waals surface area contributed by atoms with Crippen LogP contribution in [0.5, 0.6) is 17.2 Å². The fourth-order valence-electron chi connectivity index (χ4n) is 4.90. The van der Waals surface area contributed by atoms with E-state index in [0.717, 1.165) is 6.26 Å². The summed E-state index contributed by atoms with van der Waals surface area (Å²) in [4.78, 5) is 38.7. The molecule has 13 nitrogen and oxygen atoms in total. The largest absolute Gasteiger partial charge is 0.493 e. The average Bonchev–Trinajstić information content (AvgIpc) is 3.40. The number of nitrogens with zero attached hydrogens (tertiary/aromatic N) is 5. The van der Waals surface area contributed by atoms with Gasteiger partial charge in [-0.25, -0.2) is 13.4 Å². The zero-order chi connectivity index (χ0) is 30.7. The summed E-state index contributed by atoms with van der Waals surface area (Å²) >= 11 is 0. The van der Waals surface area contributed by atoms with Gasteiger partial charge in [0, 0.05) is 43.6 Å². The molecule has 1 saturated heterocycles. The van der Waals surface area contributed by atoms with E-state index in [9.17, 15) is 18.0 Å². The molecule has 0 aliphatic carbocycles.